The molecule has 0 aliphatic carbocycles. The molecule has 0 spiro atoms. The van der Waals surface area contributed by atoms with Crippen molar-refractivity contribution in [2.45, 2.75) is 26.4 Å². The van der Waals surface area contributed by atoms with Gasteiger partial charge in [0.05, 0.1) is 0 Å². The van der Waals surface area contributed by atoms with E-state index in [4.69, 9.17) is 11.6 Å². The van der Waals surface area contributed by atoms with Crippen LogP contribution in [0.4, 0.5) is 4.39 Å². The summed E-state index contributed by atoms with van der Waals surface area (Å²) in [7, 11) is 2.00. The van der Waals surface area contributed by atoms with Gasteiger partial charge in [-0.2, -0.15) is 0 Å². The molecule has 0 atom stereocenters. The Hall–Kier alpha value is -0.640. The van der Waals surface area contributed by atoms with E-state index in [-0.39, 0.29) is 5.82 Å². The number of rotatable bonds is 6. The van der Waals surface area contributed by atoms with Crippen molar-refractivity contribution in [3.8, 4) is 0 Å². The number of nitrogens with one attached hydrogen (secondary N) is 1. The second-order valence-electron chi connectivity index (χ2n) is 4.58. The highest BCUT2D eigenvalue weighted by Gasteiger charge is 2.06. The zero-order chi connectivity index (χ0) is 12.8. The molecule has 17 heavy (non-hydrogen) atoms. The van der Waals surface area contributed by atoms with Gasteiger partial charge in [-0.1, -0.05) is 25.4 Å². The van der Waals surface area contributed by atoms with E-state index in [2.05, 4.69) is 24.1 Å². The van der Waals surface area contributed by atoms with E-state index < -0.39 is 0 Å². The first-order chi connectivity index (χ1) is 7.99. The highest BCUT2D eigenvalue weighted by molar-refractivity contribution is 6.31. The summed E-state index contributed by atoms with van der Waals surface area (Å²) < 4.78 is 13.1. The van der Waals surface area contributed by atoms with Crippen LogP contribution in [-0.2, 0) is 6.54 Å². The SMILES string of the molecule is CC(C)NCCN(C)Cc1cc(F)ccc1Cl. The highest BCUT2D eigenvalue weighted by atomic mass is 35.5. The quantitative estimate of drug-likeness (QED) is 0.844. The standard InChI is InChI=1S/C13H20ClFN2/c1-10(2)16-6-7-17(3)9-11-8-12(15)4-5-13(11)14/h4-5,8,10,16H,6-7,9H2,1-3H3. The van der Waals surface area contributed by atoms with E-state index in [1.54, 1.807) is 6.07 Å². The Morgan fingerprint density at radius 2 is 2.12 bits per heavy atom. The first-order valence-electron chi connectivity index (χ1n) is 5.85. The molecule has 2 nitrogen and oxygen atoms in total. The van der Waals surface area contributed by atoms with Crippen LogP contribution in [0.25, 0.3) is 0 Å². The van der Waals surface area contributed by atoms with Gasteiger partial charge in [0.2, 0.25) is 0 Å². The average Bonchev–Trinajstić information content (AvgIpc) is 2.23. The minimum atomic E-state index is -0.238. The van der Waals surface area contributed by atoms with E-state index >= 15 is 0 Å². The number of nitrogens with zero attached hydrogens (tertiary/aromatic N) is 1. The maximum atomic E-state index is 13.1. The molecule has 1 aromatic rings. The maximum absolute atomic E-state index is 13.1. The molecule has 0 amide bonds. The van der Waals surface area contributed by atoms with Crippen LogP contribution >= 0.6 is 11.6 Å². The number of likely N-dealkylation sites (N-methyl/N-ethyl adjacent to an activating group) is 1. The first-order valence-corrected chi connectivity index (χ1v) is 6.22. The molecular formula is C13H20ClFN2. The summed E-state index contributed by atoms with van der Waals surface area (Å²) in [5.41, 5.74) is 0.832. The van der Waals surface area contributed by atoms with E-state index in [9.17, 15) is 4.39 Å². The monoisotopic (exact) mass is 258 g/mol. The van der Waals surface area contributed by atoms with Crippen LogP contribution in [0.5, 0.6) is 0 Å². The van der Waals surface area contributed by atoms with Gasteiger partial charge >= 0.3 is 0 Å². The fourth-order valence-corrected chi connectivity index (χ4v) is 1.76. The smallest absolute Gasteiger partial charge is 0.123 e. The average molecular weight is 259 g/mol. The van der Waals surface area contributed by atoms with Gasteiger partial charge in [-0.25, -0.2) is 4.39 Å². The lowest BCUT2D eigenvalue weighted by Crippen LogP contribution is -2.32. The molecule has 0 fully saturated rings. The van der Waals surface area contributed by atoms with Crippen LogP contribution in [0.1, 0.15) is 19.4 Å². The van der Waals surface area contributed by atoms with Crippen LogP contribution in [0, 0.1) is 5.82 Å². The first kappa shape index (κ1) is 14.4. The molecule has 0 saturated heterocycles. The van der Waals surface area contributed by atoms with Crippen molar-refractivity contribution < 1.29 is 4.39 Å². The lowest BCUT2D eigenvalue weighted by molar-refractivity contribution is 0.319. The van der Waals surface area contributed by atoms with Gasteiger partial charge in [-0.15, -0.1) is 0 Å². The Morgan fingerprint density at radius 3 is 2.76 bits per heavy atom. The van der Waals surface area contributed by atoms with Gasteiger partial charge in [-0.05, 0) is 30.8 Å². The molecule has 0 aromatic heterocycles. The van der Waals surface area contributed by atoms with Crippen molar-refractivity contribution in [3.05, 3.63) is 34.6 Å². The molecule has 4 heteroatoms. The third kappa shape index (κ3) is 5.48. The van der Waals surface area contributed by atoms with Crippen LogP contribution < -0.4 is 5.32 Å². The fraction of sp³-hybridized carbons (Fsp3) is 0.538. The Labute approximate surface area is 108 Å². The molecule has 1 aromatic carbocycles. The Balaban J connectivity index is 2.44. The van der Waals surface area contributed by atoms with Gasteiger partial charge in [0.1, 0.15) is 5.82 Å². The van der Waals surface area contributed by atoms with Gasteiger partial charge in [0, 0.05) is 30.7 Å². The molecule has 1 N–H and O–H groups in total. The van der Waals surface area contributed by atoms with Crippen molar-refractivity contribution in [2.75, 3.05) is 20.1 Å². The van der Waals surface area contributed by atoms with Crippen molar-refractivity contribution in [3.63, 3.8) is 0 Å². The van der Waals surface area contributed by atoms with E-state index in [0.717, 1.165) is 18.7 Å². The number of hydrogen-bond donors (Lipinski definition) is 1. The maximum Gasteiger partial charge on any atom is 0.123 e. The second-order valence-corrected chi connectivity index (χ2v) is 4.99. The molecule has 0 heterocycles. The van der Waals surface area contributed by atoms with Crippen LogP contribution in [0.2, 0.25) is 5.02 Å². The summed E-state index contributed by atoms with van der Waals surface area (Å²) in [5, 5.41) is 3.96. The zero-order valence-electron chi connectivity index (χ0n) is 10.6. The number of benzene rings is 1. The summed E-state index contributed by atoms with van der Waals surface area (Å²) in [6.45, 7) is 6.72. The molecule has 0 unspecified atom stereocenters. The van der Waals surface area contributed by atoms with E-state index in [1.165, 1.54) is 12.1 Å². The number of hydrogen-bond acceptors (Lipinski definition) is 2. The van der Waals surface area contributed by atoms with Gasteiger partial charge in [-0.3, -0.25) is 0 Å². The minimum absolute atomic E-state index is 0.238. The minimum Gasteiger partial charge on any atom is -0.313 e. The predicted molar refractivity (Wildman–Crippen MR) is 70.9 cm³/mol. The summed E-state index contributed by atoms with van der Waals surface area (Å²) in [6, 6.07) is 4.97. The second kappa shape index (κ2) is 6.94. The van der Waals surface area contributed by atoms with Crippen molar-refractivity contribution in [1.82, 2.24) is 10.2 Å². The summed E-state index contributed by atoms with van der Waals surface area (Å²) >= 11 is 6.02. The molecule has 1 rings (SSSR count). The molecule has 96 valence electrons. The molecule has 0 saturated carbocycles. The van der Waals surface area contributed by atoms with Crippen LogP contribution in [0.15, 0.2) is 18.2 Å². The van der Waals surface area contributed by atoms with Crippen molar-refractivity contribution >= 4 is 11.6 Å². The highest BCUT2D eigenvalue weighted by Crippen LogP contribution is 2.18. The lowest BCUT2D eigenvalue weighted by Gasteiger charge is -2.18. The summed E-state index contributed by atoms with van der Waals surface area (Å²) in [6.07, 6.45) is 0. The lowest BCUT2D eigenvalue weighted by atomic mass is 10.2. The Morgan fingerprint density at radius 1 is 1.41 bits per heavy atom. The van der Waals surface area contributed by atoms with E-state index in [0.29, 0.717) is 17.6 Å². The van der Waals surface area contributed by atoms with Crippen molar-refractivity contribution in [1.29, 1.82) is 0 Å². The topological polar surface area (TPSA) is 15.3 Å². The van der Waals surface area contributed by atoms with Gasteiger partial charge < -0.3 is 10.2 Å². The zero-order valence-corrected chi connectivity index (χ0v) is 11.4. The molecule has 0 aliphatic heterocycles. The normalized spacial score (nSPS) is 11.5. The predicted octanol–water partition coefficient (Wildman–Crippen LogP) is 2.91. The molecule has 0 bridgehead atoms. The van der Waals surface area contributed by atoms with Gasteiger partial charge in [0.25, 0.3) is 0 Å². The molecular weight excluding hydrogens is 239 g/mol. The summed E-state index contributed by atoms with van der Waals surface area (Å²) in [4.78, 5) is 2.12. The Bertz CT molecular complexity index is 355. The molecule has 0 aliphatic rings. The van der Waals surface area contributed by atoms with Gasteiger partial charge in [0.15, 0.2) is 0 Å². The fourth-order valence-electron chi connectivity index (χ4n) is 1.58. The third-order valence-electron chi connectivity index (χ3n) is 2.49. The number of halogens is 2. The van der Waals surface area contributed by atoms with Crippen LogP contribution in [0.3, 0.4) is 0 Å². The van der Waals surface area contributed by atoms with Crippen LogP contribution in [-0.4, -0.2) is 31.1 Å². The molecule has 0 radical (unpaired) electrons. The van der Waals surface area contributed by atoms with E-state index in [1.807, 2.05) is 7.05 Å². The Kier molecular flexibility index (Phi) is 5.89. The third-order valence-corrected chi connectivity index (χ3v) is 2.86. The van der Waals surface area contributed by atoms with Crippen molar-refractivity contribution in [2.24, 2.45) is 0 Å². The largest absolute Gasteiger partial charge is 0.313 e. The summed E-state index contributed by atoms with van der Waals surface area (Å²) in [5.74, 6) is -0.238.